The van der Waals surface area contributed by atoms with Crippen molar-refractivity contribution in [2.24, 2.45) is 28.7 Å². The average molecular weight is 993 g/mol. The fourth-order valence-electron chi connectivity index (χ4n) is 11.5. The Hall–Kier alpha value is -6.02. The van der Waals surface area contributed by atoms with Crippen LogP contribution in [0.15, 0.2) is 76.6 Å². The molecule has 3 aliphatic carbocycles. The lowest BCUT2D eigenvalue weighted by Crippen LogP contribution is -2.81. The zero-order valence-corrected chi connectivity index (χ0v) is 42.0. The van der Waals surface area contributed by atoms with Crippen molar-refractivity contribution in [3.8, 4) is 23.0 Å². The number of aliphatic hydroxyl groups excluding tert-OH is 4. The third-order valence-electron chi connectivity index (χ3n) is 15.2. The van der Waals surface area contributed by atoms with Crippen molar-refractivity contribution >= 4 is 35.5 Å². The van der Waals surface area contributed by atoms with Crippen LogP contribution in [-0.4, -0.2) is 125 Å². The molecular formula is C54H64N4O14. The minimum atomic E-state index is -2.23. The molecule has 1 spiro atoms. The van der Waals surface area contributed by atoms with E-state index in [0.717, 1.165) is 11.1 Å². The number of hydrogen-bond donors (Lipinski definition) is 5. The smallest absolute Gasteiger partial charge is 0.343 e. The first-order valence-electron chi connectivity index (χ1n) is 24.5. The van der Waals surface area contributed by atoms with Gasteiger partial charge < -0.3 is 54.0 Å². The number of hydrogen-bond acceptors (Lipinski definition) is 17. The molecule has 72 heavy (non-hydrogen) atoms. The molecule has 0 amide bonds. The summed E-state index contributed by atoms with van der Waals surface area (Å²) < 4.78 is 39.5. The predicted octanol–water partition coefficient (Wildman–Crippen LogP) is 5.63. The number of esters is 2. The molecule has 5 heterocycles. The van der Waals surface area contributed by atoms with Crippen LogP contribution in [0.2, 0.25) is 0 Å². The summed E-state index contributed by atoms with van der Waals surface area (Å²) in [6.07, 6.45) is 5.14. The van der Waals surface area contributed by atoms with E-state index in [4.69, 9.17) is 38.5 Å². The lowest BCUT2D eigenvalue weighted by Gasteiger charge is -2.67. The van der Waals surface area contributed by atoms with Crippen LogP contribution in [0.25, 0.3) is 6.08 Å². The van der Waals surface area contributed by atoms with Gasteiger partial charge in [-0.2, -0.15) is 4.98 Å². The minimum absolute atomic E-state index is 0.0544. The van der Waals surface area contributed by atoms with E-state index >= 15 is 4.79 Å². The SMILES string of the molecule is COC(=O)C(C)=CCC1(O)C(=O)C2CC(C(C)C)C13Oc1c(CC=C(C)C)c4c(c(OC(=O)c5ccc(O[C@@H]6O[C@H](CO)[C@@H](O)[C@H](O)[C@H]6O)cc5)c1C1=Nc5ncn(n5)C2C13)C=CC(C)(CCC=C(C)C)O4. The van der Waals surface area contributed by atoms with Gasteiger partial charge in [0.25, 0.3) is 5.95 Å². The largest absolute Gasteiger partial charge is 0.482 e. The molecule has 10 rings (SSSR count). The molecule has 3 aromatic rings. The van der Waals surface area contributed by atoms with E-state index in [0.29, 0.717) is 47.4 Å². The van der Waals surface area contributed by atoms with Crippen LogP contribution in [0.5, 0.6) is 23.0 Å². The minimum Gasteiger partial charge on any atom is -0.482 e. The Labute approximate surface area is 417 Å². The molecule has 4 aliphatic heterocycles. The van der Waals surface area contributed by atoms with Crippen molar-refractivity contribution in [2.75, 3.05) is 13.7 Å². The van der Waals surface area contributed by atoms with Crippen LogP contribution in [-0.2, 0) is 25.5 Å². The zero-order valence-electron chi connectivity index (χ0n) is 42.0. The number of ketones is 1. The summed E-state index contributed by atoms with van der Waals surface area (Å²) in [7, 11) is 1.27. The summed E-state index contributed by atoms with van der Waals surface area (Å²) in [6.45, 7) is 15.0. The van der Waals surface area contributed by atoms with Crippen molar-refractivity contribution in [3.63, 3.8) is 0 Å². The molecule has 0 radical (unpaired) electrons. The quantitative estimate of drug-likeness (QED) is 0.0568. The van der Waals surface area contributed by atoms with Gasteiger partial charge in [0.1, 0.15) is 53.6 Å². The number of carbonyl (C=O) groups excluding carboxylic acids is 3. The van der Waals surface area contributed by atoms with Crippen LogP contribution < -0.4 is 18.9 Å². The van der Waals surface area contributed by atoms with E-state index in [2.05, 4.69) is 11.1 Å². The molecule has 5 N–H and O–H groups in total. The van der Waals surface area contributed by atoms with Crippen LogP contribution in [0.3, 0.4) is 0 Å². The molecule has 1 saturated heterocycles. The van der Waals surface area contributed by atoms with E-state index in [1.165, 1.54) is 43.8 Å². The first kappa shape index (κ1) is 50.9. The number of aliphatic hydroxyl groups is 5. The third-order valence-corrected chi connectivity index (χ3v) is 15.2. The number of methoxy groups -OCH3 is 1. The highest BCUT2D eigenvalue weighted by Crippen LogP contribution is 2.68. The Balaban J connectivity index is 1.25. The molecule has 18 heteroatoms. The molecule has 2 aromatic carbocycles. The molecule has 7 unspecified atom stereocenters. The molecule has 4 fully saturated rings. The van der Waals surface area contributed by atoms with Gasteiger partial charge in [0, 0.05) is 29.4 Å². The van der Waals surface area contributed by atoms with Gasteiger partial charge in [-0.25, -0.2) is 19.3 Å². The molecule has 4 bridgehead atoms. The second-order valence-corrected chi connectivity index (χ2v) is 20.9. The van der Waals surface area contributed by atoms with E-state index in [1.54, 1.807) is 11.6 Å². The van der Waals surface area contributed by atoms with Gasteiger partial charge in [-0.1, -0.05) is 43.2 Å². The maximum Gasteiger partial charge on any atom is 0.343 e. The van der Waals surface area contributed by atoms with Crippen molar-refractivity contribution in [1.29, 1.82) is 0 Å². The highest BCUT2D eigenvalue weighted by molar-refractivity contribution is 6.14. The zero-order chi connectivity index (χ0) is 51.8. The normalized spacial score (nSPS) is 31.7. The van der Waals surface area contributed by atoms with Gasteiger partial charge in [-0.15, -0.1) is 5.10 Å². The molecule has 7 aliphatic rings. The molecule has 384 valence electrons. The number of ether oxygens (including phenoxy) is 6. The van der Waals surface area contributed by atoms with Crippen molar-refractivity contribution in [1.82, 2.24) is 14.8 Å². The summed E-state index contributed by atoms with van der Waals surface area (Å²) in [5, 5.41) is 59.3. The van der Waals surface area contributed by atoms with Crippen LogP contribution in [0, 0.1) is 23.7 Å². The van der Waals surface area contributed by atoms with Gasteiger partial charge in [0.05, 0.1) is 48.1 Å². The Morgan fingerprint density at radius 1 is 0.972 bits per heavy atom. The number of carbonyl (C=O) groups is 3. The Morgan fingerprint density at radius 3 is 2.36 bits per heavy atom. The number of benzene rings is 2. The second-order valence-electron chi connectivity index (χ2n) is 20.9. The summed E-state index contributed by atoms with van der Waals surface area (Å²) in [4.78, 5) is 52.6. The number of rotatable bonds is 14. The number of nitrogens with zero attached hydrogens (tertiary/aromatic N) is 4. The van der Waals surface area contributed by atoms with Gasteiger partial charge in [-0.05, 0) is 110 Å². The van der Waals surface area contributed by atoms with Crippen molar-refractivity contribution < 1.29 is 68.3 Å². The number of fused-ring (bicyclic) bond motifs is 7. The Kier molecular flexibility index (Phi) is 13.5. The number of allylic oxidation sites excluding steroid dienone is 4. The summed E-state index contributed by atoms with van der Waals surface area (Å²) in [5.41, 5.74) is -0.719. The summed E-state index contributed by atoms with van der Waals surface area (Å²) in [5.74, 6) is -3.31. The van der Waals surface area contributed by atoms with Crippen molar-refractivity contribution in [2.45, 2.75) is 141 Å². The van der Waals surface area contributed by atoms with Gasteiger partial charge in [0.2, 0.25) is 6.29 Å². The lowest BCUT2D eigenvalue weighted by atomic mass is 9.43. The monoisotopic (exact) mass is 992 g/mol. The van der Waals surface area contributed by atoms with E-state index in [1.807, 2.05) is 66.7 Å². The van der Waals surface area contributed by atoms with E-state index < -0.39 is 95.6 Å². The fraction of sp³-hybridized carbons (Fsp3) is 0.519. The highest BCUT2D eigenvalue weighted by atomic mass is 16.7. The standard InChI is InChI=1S/C54H64N4O14/c1-26(2)11-10-20-52(8)21-19-33-44(71-52)32(17-12-27(3)4)46-37(45(33)70-49(65)30-13-15-31(16-14-30)68-50-43(62)42(61)41(60)36(24-59)69-50)39-38-40(58-25-55-51(56-39)57-58)34-23-35(28(5)6)54(38,72-46)53(66,47(34)63)22-18-29(7)48(64)67-9/h11-16,18-19,21,25,28,34-36,38,40-43,50,59-62,66H,10,17,20,22-24H2,1-9H3/t34?,35?,36-,38?,40?,41-,42+,43-,50-,52?,53?,54?/m1/s1. The van der Waals surface area contributed by atoms with Gasteiger partial charge in [-0.3, -0.25) is 4.79 Å². The predicted molar refractivity (Wildman–Crippen MR) is 261 cm³/mol. The van der Waals surface area contributed by atoms with E-state index in [-0.39, 0.29) is 53.1 Å². The average Bonchev–Trinajstić information content (AvgIpc) is 3.74. The highest BCUT2D eigenvalue weighted by Gasteiger charge is 2.79. The van der Waals surface area contributed by atoms with Crippen LogP contribution in [0.1, 0.15) is 114 Å². The topological polar surface area (TPSA) is 251 Å². The maximum atomic E-state index is 15.3. The van der Waals surface area contributed by atoms with Crippen LogP contribution >= 0.6 is 0 Å². The number of aromatic nitrogens is 3. The lowest BCUT2D eigenvalue weighted by molar-refractivity contribution is -0.277. The van der Waals surface area contributed by atoms with Crippen LogP contribution in [0.4, 0.5) is 5.95 Å². The molecular weight excluding hydrogens is 929 g/mol. The van der Waals surface area contributed by atoms with Gasteiger partial charge in [0.15, 0.2) is 22.7 Å². The summed E-state index contributed by atoms with van der Waals surface area (Å²) in [6, 6.07) is 5.04. The van der Waals surface area contributed by atoms with E-state index in [9.17, 15) is 35.1 Å². The van der Waals surface area contributed by atoms with Crippen molar-refractivity contribution in [3.05, 3.63) is 93.9 Å². The summed E-state index contributed by atoms with van der Waals surface area (Å²) >= 11 is 0. The third kappa shape index (κ3) is 8.38. The first-order chi connectivity index (χ1) is 34.2. The number of Topliss-reactive ketones (excluding diaryl/α,β-unsaturated/α-hetero) is 1. The second kappa shape index (κ2) is 19.1. The first-order valence-corrected chi connectivity index (χ1v) is 24.5. The Bertz CT molecular complexity index is 2820. The molecule has 18 nitrogen and oxygen atoms in total. The Morgan fingerprint density at radius 2 is 1.69 bits per heavy atom. The molecule has 1 aromatic heterocycles. The molecule has 3 saturated carbocycles. The molecule has 12 atom stereocenters. The maximum absolute atomic E-state index is 15.3. The van der Waals surface area contributed by atoms with Gasteiger partial charge >= 0.3 is 11.9 Å². The number of aliphatic imine (C=N–C) groups is 1. The fourth-order valence-corrected chi connectivity index (χ4v) is 11.5.